The molecular weight excluding hydrogens is 550 g/mol. The zero-order valence-corrected chi connectivity index (χ0v) is 25.4. The summed E-state index contributed by atoms with van der Waals surface area (Å²) < 4.78 is 0. The van der Waals surface area contributed by atoms with E-state index in [0.29, 0.717) is 18.0 Å². The Kier molecular flexibility index (Phi) is 9.57. The number of amides is 2. The van der Waals surface area contributed by atoms with Crippen LogP contribution in [0.1, 0.15) is 51.8 Å². The van der Waals surface area contributed by atoms with Gasteiger partial charge in [-0.3, -0.25) is 9.59 Å². The minimum Gasteiger partial charge on any atom is -0.380 e. The zero-order valence-electron chi connectivity index (χ0n) is 24.6. The molecule has 9 nitrogen and oxygen atoms in total. The Balaban J connectivity index is 1.17. The number of likely N-dealkylation sites (N-methyl/N-ethyl adjacent to an activating group) is 1. The number of hydrogen-bond donors (Lipinski definition) is 3. The van der Waals surface area contributed by atoms with Gasteiger partial charge >= 0.3 is 0 Å². The minimum atomic E-state index is -1.87. The Morgan fingerprint density at radius 3 is 2.48 bits per heavy atom. The molecule has 2 aliphatic rings. The molecule has 5 rings (SSSR count). The van der Waals surface area contributed by atoms with Crippen molar-refractivity contribution in [2.24, 2.45) is 0 Å². The number of nitrogens with zero attached hydrogens (tertiary/aromatic N) is 4. The number of benzene rings is 2. The van der Waals surface area contributed by atoms with Crippen LogP contribution in [0.15, 0.2) is 47.8 Å². The molecule has 0 radical (unpaired) electrons. The van der Waals surface area contributed by atoms with Gasteiger partial charge in [0.2, 0.25) is 0 Å². The van der Waals surface area contributed by atoms with Crippen LogP contribution in [-0.4, -0.2) is 88.8 Å². The summed E-state index contributed by atoms with van der Waals surface area (Å²) in [6.07, 6.45) is -1.46. The van der Waals surface area contributed by atoms with Gasteiger partial charge in [0.25, 0.3) is 11.8 Å². The highest BCUT2D eigenvalue weighted by Crippen LogP contribution is 2.34. The standard InChI is InChI=1S/C32H41N5O4S/c1-21-7-4-8-22(2)26(21)18-24-20-42-28(34-24)19-33-31(40)29(38)30(39)32(41)37-12-6-11-27(37)23-9-5-10-25(17-23)36-15-13-35(3)14-16-36/h4-5,7-10,17,20,27,29-30,38-39H,6,11-16,18-19H2,1-3H3,(H,33,40)/t27?,29?,30-/m1/s1. The normalized spacial score (nSPS) is 19.1. The molecule has 2 fully saturated rings. The third-order valence-electron chi connectivity index (χ3n) is 8.50. The first-order chi connectivity index (χ1) is 20.2. The molecule has 0 saturated carbocycles. The van der Waals surface area contributed by atoms with Crippen molar-refractivity contribution in [3.63, 3.8) is 0 Å². The summed E-state index contributed by atoms with van der Waals surface area (Å²) in [6, 6.07) is 14.2. The maximum atomic E-state index is 13.3. The van der Waals surface area contributed by atoms with Gasteiger partial charge in [-0.15, -0.1) is 11.3 Å². The number of aryl methyl sites for hydroxylation is 2. The fraction of sp³-hybridized carbons (Fsp3) is 0.469. The van der Waals surface area contributed by atoms with Gasteiger partial charge in [-0.2, -0.15) is 0 Å². The van der Waals surface area contributed by atoms with Crippen LogP contribution >= 0.6 is 11.3 Å². The molecule has 3 atom stereocenters. The second kappa shape index (κ2) is 13.3. The molecular formula is C32H41N5O4S. The number of piperazine rings is 1. The Morgan fingerprint density at radius 1 is 1.02 bits per heavy atom. The topological polar surface area (TPSA) is 109 Å². The van der Waals surface area contributed by atoms with Crippen LogP contribution in [0.25, 0.3) is 0 Å². The summed E-state index contributed by atoms with van der Waals surface area (Å²) in [5, 5.41) is 26.7. The molecule has 3 N–H and O–H groups in total. The van der Waals surface area contributed by atoms with E-state index in [-0.39, 0.29) is 12.6 Å². The lowest BCUT2D eigenvalue weighted by Crippen LogP contribution is -2.50. The Bertz CT molecular complexity index is 1380. The number of aliphatic hydroxyl groups excluding tert-OH is 2. The van der Waals surface area contributed by atoms with E-state index in [0.717, 1.165) is 56.0 Å². The van der Waals surface area contributed by atoms with Crippen molar-refractivity contribution in [1.29, 1.82) is 0 Å². The van der Waals surface area contributed by atoms with Crippen LogP contribution in [0.5, 0.6) is 0 Å². The smallest absolute Gasteiger partial charge is 0.255 e. The molecule has 1 aromatic heterocycles. The number of thiazole rings is 1. The number of aliphatic hydroxyl groups is 2. The number of carbonyl (C=O) groups excluding carboxylic acids is 2. The predicted molar refractivity (Wildman–Crippen MR) is 165 cm³/mol. The molecule has 2 unspecified atom stereocenters. The van der Waals surface area contributed by atoms with Crippen molar-refractivity contribution in [2.75, 3.05) is 44.7 Å². The quantitative estimate of drug-likeness (QED) is 0.351. The fourth-order valence-electron chi connectivity index (χ4n) is 5.91. The zero-order chi connectivity index (χ0) is 29.8. The number of hydrogen-bond acceptors (Lipinski definition) is 8. The van der Waals surface area contributed by atoms with E-state index >= 15 is 0 Å². The number of aromatic nitrogens is 1. The van der Waals surface area contributed by atoms with Gasteiger partial charge in [-0.05, 0) is 68.1 Å². The Labute approximate surface area is 251 Å². The highest BCUT2D eigenvalue weighted by molar-refractivity contribution is 7.09. The minimum absolute atomic E-state index is 0.111. The Hall–Kier alpha value is -3.31. The van der Waals surface area contributed by atoms with Crippen LogP contribution in [-0.2, 0) is 22.6 Å². The SMILES string of the molecule is Cc1cccc(C)c1Cc1csc(CNC(=O)C(O)[C@@H](O)C(=O)N2CCCC2c2cccc(N3CCN(C)CC3)c2)n1. The van der Waals surface area contributed by atoms with Gasteiger partial charge in [0.1, 0.15) is 5.01 Å². The van der Waals surface area contributed by atoms with Crippen molar-refractivity contribution in [3.05, 3.63) is 80.8 Å². The first kappa shape index (κ1) is 30.2. The van der Waals surface area contributed by atoms with Crippen LogP contribution in [0.2, 0.25) is 0 Å². The van der Waals surface area contributed by atoms with E-state index in [1.165, 1.54) is 28.0 Å². The molecule has 224 valence electrons. The molecule has 42 heavy (non-hydrogen) atoms. The monoisotopic (exact) mass is 591 g/mol. The van der Waals surface area contributed by atoms with Crippen molar-refractivity contribution >= 4 is 28.8 Å². The van der Waals surface area contributed by atoms with E-state index < -0.39 is 24.0 Å². The maximum absolute atomic E-state index is 13.3. The first-order valence-electron chi connectivity index (χ1n) is 14.7. The van der Waals surface area contributed by atoms with E-state index in [1.54, 1.807) is 4.90 Å². The van der Waals surface area contributed by atoms with Crippen LogP contribution in [0.3, 0.4) is 0 Å². The number of anilines is 1. The Morgan fingerprint density at radius 2 is 1.74 bits per heavy atom. The van der Waals surface area contributed by atoms with Crippen molar-refractivity contribution < 1.29 is 19.8 Å². The summed E-state index contributed by atoms with van der Waals surface area (Å²) >= 11 is 1.43. The average Bonchev–Trinajstić information content (AvgIpc) is 3.67. The first-order valence-corrected chi connectivity index (χ1v) is 15.6. The van der Waals surface area contributed by atoms with Gasteiger partial charge in [0.05, 0.1) is 18.3 Å². The van der Waals surface area contributed by atoms with E-state index in [2.05, 4.69) is 65.3 Å². The van der Waals surface area contributed by atoms with Gasteiger partial charge in [0, 0.05) is 50.2 Å². The van der Waals surface area contributed by atoms with E-state index in [1.807, 2.05) is 23.6 Å². The van der Waals surface area contributed by atoms with Crippen molar-refractivity contribution in [1.82, 2.24) is 20.1 Å². The van der Waals surface area contributed by atoms with Crippen molar-refractivity contribution in [2.45, 2.75) is 57.9 Å². The fourth-order valence-corrected chi connectivity index (χ4v) is 6.64. The highest BCUT2D eigenvalue weighted by Gasteiger charge is 2.38. The molecule has 2 aliphatic heterocycles. The second-order valence-corrected chi connectivity index (χ2v) is 12.4. The van der Waals surface area contributed by atoms with E-state index in [4.69, 9.17) is 0 Å². The highest BCUT2D eigenvalue weighted by atomic mass is 32.1. The molecule has 2 aromatic carbocycles. The lowest BCUT2D eigenvalue weighted by Gasteiger charge is -2.35. The summed E-state index contributed by atoms with van der Waals surface area (Å²) in [4.78, 5) is 36.9. The second-order valence-electron chi connectivity index (χ2n) is 11.5. The number of rotatable bonds is 9. The van der Waals surface area contributed by atoms with Crippen molar-refractivity contribution in [3.8, 4) is 0 Å². The van der Waals surface area contributed by atoms with Gasteiger partial charge in [-0.1, -0.05) is 30.3 Å². The third-order valence-corrected chi connectivity index (χ3v) is 9.39. The molecule has 10 heteroatoms. The lowest BCUT2D eigenvalue weighted by atomic mass is 9.99. The summed E-state index contributed by atoms with van der Waals surface area (Å²) in [5.74, 6) is -1.43. The molecule has 2 amide bonds. The number of nitrogens with one attached hydrogen (secondary N) is 1. The predicted octanol–water partition coefficient (Wildman–Crippen LogP) is 2.80. The summed E-state index contributed by atoms with van der Waals surface area (Å²) in [6.45, 7) is 8.64. The maximum Gasteiger partial charge on any atom is 0.255 e. The van der Waals surface area contributed by atoms with Gasteiger partial charge < -0.3 is 30.2 Å². The lowest BCUT2D eigenvalue weighted by molar-refractivity contribution is -0.153. The van der Waals surface area contributed by atoms with Crippen LogP contribution in [0, 0.1) is 13.8 Å². The van der Waals surface area contributed by atoms with Crippen LogP contribution in [0.4, 0.5) is 5.69 Å². The molecule has 2 saturated heterocycles. The van der Waals surface area contributed by atoms with Gasteiger partial charge in [-0.25, -0.2) is 4.98 Å². The summed E-state index contributed by atoms with van der Waals surface area (Å²) in [5.41, 5.74) is 6.70. The summed E-state index contributed by atoms with van der Waals surface area (Å²) in [7, 11) is 2.12. The largest absolute Gasteiger partial charge is 0.380 e. The average molecular weight is 592 g/mol. The van der Waals surface area contributed by atoms with E-state index in [9.17, 15) is 19.8 Å². The van der Waals surface area contributed by atoms with Gasteiger partial charge in [0.15, 0.2) is 12.2 Å². The third kappa shape index (κ3) is 6.83. The molecule has 0 spiro atoms. The number of likely N-dealkylation sites (tertiary alicyclic amines) is 1. The molecule has 0 bridgehead atoms. The number of carbonyl (C=O) groups is 2. The molecule has 3 heterocycles. The molecule has 0 aliphatic carbocycles. The molecule has 3 aromatic rings. The van der Waals surface area contributed by atoms with Crippen LogP contribution < -0.4 is 10.2 Å².